The molecular formula is C6H12N2P2. The first-order valence-corrected chi connectivity index (χ1v) is 6.93. The average molecular weight is 174 g/mol. The van der Waals surface area contributed by atoms with E-state index in [9.17, 15) is 0 Å². The summed E-state index contributed by atoms with van der Waals surface area (Å²) in [6, 6.07) is 0. The Labute approximate surface area is 64.3 Å². The van der Waals surface area contributed by atoms with Gasteiger partial charge < -0.3 is 0 Å². The Morgan fingerprint density at radius 2 is 1.30 bits per heavy atom. The van der Waals surface area contributed by atoms with Gasteiger partial charge in [-0.3, -0.25) is 0 Å². The van der Waals surface area contributed by atoms with Crippen LogP contribution >= 0.6 is 16.4 Å². The minimum Gasteiger partial charge on any atom is -0.234 e. The molecule has 10 heavy (non-hydrogen) atoms. The van der Waals surface area contributed by atoms with Gasteiger partial charge in [0.05, 0.1) is 0 Å². The van der Waals surface area contributed by atoms with Crippen molar-refractivity contribution >= 4 is 16.4 Å². The van der Waals surface area contributed by atoms with Gasteiger partial charge in [-0.15, -0.1) is 0 Å². The molecule has 3 aliphatic heterocycles. The van der Waals surface area contributed by atoms with Gasteiger partial charge in [0, 0.05) is 29.5 Å². The van der Waals surface area contributed by atoms with Crippen LogP contribution in [0.3, 0.4) is 0 Å². The van der Waals surface area contributed by atoms with Crippen molar-refractivity contribution in [3.8, 4) is 0 Å². The van der Waals surface area contributed by atoms with Crippen LogP contribution in [0, 0.1) is 0 Å². The second kappa shape index (κ2) is 2.14. The van der Waals surface area contributed by atoms with Crippen molar-refractivity contribution in [1.29, 1.82) is 0 Å². The quantitative estimate of drug-likeness (QED) is 0.518. The first-order valence-electron chi connectivity index (χ1n) is 4.06. The van der Waals surface area contributed by atoms with Gasteiger partial charge in [-0.25, -0.2) is 8.88 Å². The van der Waals surface area contributed by atoms with Crippen molar-refractivity contribution in [1.82, 2.24) is 8.88 Å². The van der Waals surface area contributed by atoms with E-state index in [1.54, 1.807) is 0 Å². The number of hydrogen-bond acceptors (Lipinski definition) is 2. The number of rotatable bonds is 0. The fraction of sp³-hybridized carbons (Fsp3) is 1.00. The summed E-state index contributed by atoms with van der Waals surface area (Å²) in [5, 5.41) is 0. The Morgan fingerprint density at radius 3 is 1.80 bits per heavy atom. The summed E-state index contributed by atoms with van der Waals surface area (Å²) >= 11 is 0. The predicted octanol–water partition coefficient (Wildman–Crippen LogP) is 2.04. The predicted molar refractivity (Wildman–Crippen MR) is 46.2 cm³/mol. The zero-order valence-corrected chi connectivity index (χ0v) is 7.82. The lowest BCUT2D eigenvalue weighted by molar-refractivity contribution is 0.596. The monoisotopic (exact) mass is 174 g/mol. The Morgan fingerprint density at radius 1 is 0.800 bits per heavy atom. The maximum Gasteiger partial charge on any atom is 0.0489 e. The van der Waals surface area contributed by atoms with Gasteiger partial charge in [0.15, 0.2) is 0 Å². The molecule has 3 saturated heterocycles. The van der Waals surface area contributed by atoms with Crippen LogP contribution in [0.25, 0.3) is 0 Å². The lowest BCUT2D eigenvalue weighted by atomic mass is 10.5. The van der Waals surface area contributed by atoms with E-state index in [4.69, 9.17) is 0 Å². The van der Waals surface area contributed by atoms with Crippen molar-refractivity contribution in [2.75, 3.05) is 25.4 Å². The molecule has 0 bridgehead atoms. The molecular weight excluding hydrogens is 162 g/mol. The molecule has 3 rings (SSSR count). The molecule has 0 amide bonds. The van der Waals surface area contributed by atoms with Gasteiger partial charge in [0.1, 0.15) is 0 Å². The highest BCUT2D eigenvalue weighted by Crippen LogP contribution is 2.80. The van der Waals surface area contributed by atoms with Crippen LogP contribution in [0.15, 0.2) is 0 Å². The summed E-state index contributed by atoms with van der Waals surface area (Å²) in [7, 11) is 0.619. The van der Waals surface area contributed by atoms with E-state index in [0.717, 1.165) is 0 Å². The molecule has 0 aromatic rings. The van der Waals surface area contributed by atoms with Crippen molar-refractivity contribution in [2.45, 2.75) is 12.8 Å². The lowest BCUT2D eigenvalue weighted by Crippen LogP contribution is -2.30. The summed E-state index contributed by atoms with van der Waals surface area (Å²) in [5.41, 5.74) is 0. The zero-order chi connectivity index (χ0) is 6.55. The second-order valence-corrected chi connectivity index (χ2v) is 8.04. The highest BCUT2D eigenvalue weighted by molar-refractivity contribution is 7.83. The lowest BCUT2D eigenvalue weighted by Gasteiger charge is -2.50. The molecule has 3 fully saturated rings. The first-order chi connectivity index (χ1) is 4.97. The van der Waals surface area contributed by atoms with E-state index >= 15 is 0 Å². The third-order valence-electron chi connectivity index (χ3n) is 2.50. The Bertz CT molecular complexity index is 122. The molecule has 0 aromatic carbocycles. The highest BCUT2D eigenvalue weighted by atomic mass is 31.3. The minimum absolute atomic E-state index is 0.309. The summed E-state index contributed by atoms with van der Waals surface area (Å²) in [6.07, 6.45) is 6.02. The molecule has 0 saturated carbocycles. The van der Waals surface area contributed by atoms with E-state index < -0.39 is 0 Å². The van der Waals surface area contributed by atoms with E-state index in [-0.39, 0.29) is 0 Å². The van der Waals surface area contributed by atoms with Crippen molar-refractivity contribution in [3.05, 3.63) is 0 Å². The van der Waals surface area contributed by atoms with Gasteiger partial charge in [0.2, 0.25) is 0 Å². The van der Waals surface area contributed by atoms with Gasteiger partial charge in [-0.05, 0) is 25.2 Å². The van der Waals surface area contributed by atoms with Crippen molar-refractivity contribution in [2.24, 2.45) is 0 Å². The van der Waals surface area contributed by atoms with Crippen LogP contribution in [0.2, 0.25) is 0 Å². The third-order valence-corrected chi connectivity index (χ3v) is 9.34. The molecule has 0 aliphatic carbocycles. The third kappa shape index (κ3) is 0.642. The van der Waals surface area contributed by atoms with Crippen LogP contribution in [-0.4, -0.2) is 34.3 Å². The molecule has 0 atom stereocenters. The van der Waals surface area contributed by atoms with Crippen LogP contribution in [0.4, 0.5) is 0 Å². The van der Waals surface area contributed by atoms with Crippen molar-refractivity contribution in [3.63, 3.8) is 0 Å². The van der Waals surface area contributed by atoms with Gasteiger partial charge in [0.25, 0.3) is 0 Å². The number of fused-ring (bicyclic) bond motifs is 4. The van der Waals surface area contributed by atoms with Crippen LogP contribution < -0.4 is 0 Å². The van der Waals surface area contributed by atoms with E-state index in [2.05, 4.69) is 8.88 Å². The summed E-state index contributed by atoms with van der Waals surface area (Å²) < 4.78 is 5.63. The second-order valence-electron chi connectivity index (χ2n) is 3.09. The Hall–Kier alpha value is 0.780. The van der Waals surface area contributed by atoms with Gasteiger partial charge in [-0.1, -0.05) is 0 Å². The maximum atomic E-state index is 2.82. The molecule has 3 aliphatic rings. The normalized spacial score (nSPS) is 46.8. The Balaban J connectivity index is 1.84. The summed E-state index contributed by atoms with van der Waals surface area (Å²) in [6.45, 7) is 2.88. The van der Waals surface area contributed by atoms with Crippen LogP contribution in [0.1, 0.15) is 12.8 Å². The van der Waals surface area contributed by atoms with Crippen LogP contribution in [0.5, 0.6) is 0 Å². The fourth-order valence-electron chi connectivity index (χ4n) is 2.08. The van der Waals surface area contributed by atoms with E-state index in [1.165, 1.54) is 38.3 Å². The molecule has 0 N–H and O–H groups in total. The summed E-state index contributed by atoms with van der Waals surface area (Å²) in [4.78, 5) is 0. The molecule has 0 unspecified atom stereocenters. The smallest absolute Gasteiger partial charge is 0.0489 e. The molecule has 0 aromatic heterocycles. The number of nitrogens with zero attached hydrogens (tertiary/aromatic N) is 2. The molecule has 0 radical (unpaired) electrons. The number of hydrogen-bond donors (Lipinski definition) is 0. The van der Waals surface area contributed by atoms with E-state index in [1.807, 2.05) is 0 Å². The van der Waals surface area contributed by atoms with Crippen LogP contribution in [-0.2, 0) is 0 Å². The van der Waals surface area contributed by atoms with Gasteiger partial charge in [-0.2, -0.15) is 0 Å². The molecule has 4 heteroatoms. The molecule has 0 spiro atoms. The first kappa shape index (κ1) is 6.31. The average Bonchev–Trinajstić information content (AvgIpc) is 2.42. The highest BCUT2D eigenvalue weighted by Gasteiger charge is 2.50. The Kier molecular flexibility index (Phi) is 1.35. The molecule has 56 valence electrons. The van der Waals surface area contributed by atoms with Crippen molar-refractivity contribution < 1.29 is 0 Å². The SMILES string of the molecule is C1CN2P(C1)N1CCCP21. The molecule has 2 nitrogen and oxygen atoms in total. The maximum absolute atomic E-state index is 2.82. The molecule has 3 heterocycles. The van der Waals surface area contributed by atoms with E-state index in [0.29, 0.717) is 16.4 Å². The topological polar surface area (TPSA) is 6.48 Å². The largest absolute Gasteiger partial charge is 0.234 e. The summed E-state index contributed by atoms with van der Waals surface area (Å²) in [5.74, 6) is 0. The fourth-order valence-corrected chi connectivity index (χ4v) is 9.43. The minimum atomic E-state index is 0.309. The standard InChI is InChI=1S/C6H12N2P2/c1-3-7-9(5-1)8-4-2-6-10(7)8/h1-6H2. The van der Waals surface area contributed by atoms with Gasteiger partial charge >= 0.3 is 0 Å². The zero-order valence-electron chi connectivity index (χ0n) is 6.03.